The Morgan fingerprint density at radius 2 is 1.74 bits per heavy atom. The minimum Gasteiger partial charge on any atom is -0.338 e. The zero-order chi connectivity index (χ0) is 19.4. The number of halogens is 3. The third-order valence-electron chi connectivity index (χ3n) is 4.29. The highest BCUT2D eigenvalue weighted by atomic mass is 19.4. The molecule has 0 saturated carbocycles. The van der Waals surface area contributed by atoms with Crippen LogP contribution in [0.3, 0.4) is 0 Å². The van der Waals surface area contributed by atoms with Gasteiger partial charge in [-0.15, -0.1) is 0 Å². The van der Waals surface area contributed by atoms with Crippen molar-refractivity contribution >= 4 is 23.3 Å². The van der Waals surface area contributed by atoms with Crippen LogP contribution in [0.4, 0.5) is 29.3 Å². The number of para-hydroxylation sites is 1. The molecule has 2 N–H and O–H groups in total. The van der Waals surface area contributed by atoms with Crippen LogP contribution in [-0.4, -0.2) is 25.0 Å². The van der Waals surface area contributed by atoms with Crippen molar-refractivity contribution in [2.45, 2.75) is 12.6 Å². The van der Waals surface area contributed by atoms with Gasteiger partial charge in [0.1, 0.15) is 0 Å². The lowest BCUT2D eigenvalue weighted by atomic mass is 10.1. The van der Waals surface area contributed by atoms with Crippen molar-refractivity contribution in [2.75, 3.05) is 23.3 Å². The lowest BCUT2D eigenvalue weighted by Gasteiger charge is -2.17. The third-order valence-corrected chi connectivity index (χ3v) is 4.29. The minimum absolute atomic E-state index is 0.00357. The highest BCUT2D eigenvalue weighted by molar-refractivity contribution is 5.96. The lowest BCUT2D eigenvalue weighted by Crippen LogP contribution is -2.34. The molecule has 1 atom stereocenters. The molecule has 0 aromatic heterocycles. The number of benzene rings is 2. The predicted octanol–water partition coefficient (Wildman–Crippen LogP) is 3.88. The van der Waals surface area contributed by atoms with E-state index < -0.39 is 17.8 Å². The van der Waals surface area contributed by atoms with E-state index in [1.54, 1.807) is 4.90 Å². The fourth-order valence-electron chi connectivity index (χ4n) is 2.93. The van der Waals surface area contributed by atoms with Gasteiger partial charge < -0.3 is 15.5 Å². The number of rotatable bonds is 4. The topological polar surface area (TPSA) is 61.4 Å². The third kappa shape index (κ3) is 4.78. The van der Waals surface area contributed by atoms with Crippen LogP contribution in [0.5, 0.6) is 0 Å². The summed E-state index contributed by atoms with van der Waals surface area (Å²) in [6, 6.07) is 13.0. The van der Waals surface area contributed by atoms with Gasteiger partial charge in [-0.05, 0) is 36.4 Å². The van der Waals surface area contributed by atoms with E-state index >= 15 is 0 Å². The van der Waals surface area contributed by atoms with Crippen molar-refractivity contribution in [1.82, 2.24) is 5.32 Å². The minimum atomic E-state index is -4.42. The summed E-state index contributed by atoms with van der Waals surface area (Å²) in [6.45, 7) is 0.797. The average Bonchev–Trinajstić information content (AvgIpc) is 3.01. The summed E-state index contributed by atoms with van der Waals surface area (Å²) in [6.07, 6.45) is -4.09. The first-order valence-corrected chi connectivity index (χ1v) is 8.40. The lowest BCUT2D eigenvalue weighted by molar-refractivity contribution is -0.137. The number of amides is 3. The molecule has 1 aliphatic rings. The second-order valence-corrected chi connectivity index (χ2v) is 6.32. The smallest absolute Gasteiger partial charge is 0.338 e. The quantitative estimate of drug-likeness (QED) is 0.850. The van der Waals surface area contributed by atoms with E-state index in [-0.39, 0.29) is 17.5 Å². The Labute approximate surface area is 154 Å². The van der Waals surface area contributed by atoms with Gasteiger partial charge in [-0.2, -0.15) is 13.2 Å². The number of anilines is 2. The summed E-state index contributed by atoms with van der Waals surface area (Å²) in [4.78, 5) is 25.8. The van der Waals surface area contributed by atoms with E-state index in [1.165, 1.54) is 12.1 Å². The van der Waals surface area contributed by atoms with Crippen LogP contribution in [0.25, 0.3) is 0 Å². The molecule has 3 rings (SSSR count). The van der Waals surface area contributed by atoms with Crippen LogP contribution in [-0.2, 0) is 11.0 Å². The zero-order valence-electron chi connectivity index (χ0n) is 14.3. The molecule has 0 aliphatic carbocycles. The van der Waals surface area contributed by atoms with Crippen LogP contribution < -0.4 is 15.5 Å². The molecule has 3 amide bonds. The van der Waals surface area contributed by atoms with E-state index in [9.17, 15) is 22.8 Å². The number of nitrogens with zero attached hydrogens (tertiary/aromatic N) is 1. The van der Waals surface area contributed by atoms with Crippen molar-refractivity contribution in [3.05, 3.63) is 60.2 Å². The molecule has 1 fully saturated rings. The van der Waals surface area contributed by atoms with Crippen LogP contribution in [0.2, 0.25) is 0 Å². The average molecular weight is 377 g/mol. The molecule has 0 bridgehead atoms. The first kappa shape index (κ1) is 18.8. The monoisotopic (exact) mass is 377 g/mol. The highest BCUT2D eigenvalue weighted by Gasteiger charge is 2.31. The van der Waals surface area contributed by atoms with Gasteiger partial charge in [0.2, 0.25) is 5.91 Å². The number of nitrogens with one attached hydrogen (secondary N) is 2. The van der Waals surface area contributed by atoms with Gasteiger partial charge in [-0.25, -0.2) is 4.79 Å². The summed E-state index contributed by atoms with van der Waals surface area (Å²) < 4.78 is 37.6. The SMILES string of the molecule is O=C(NCC1CC(=O)N(c2ccccc2)C1)Nc1ccc(C(F)(F)F)cc1. The maximum Gasteiger partial charge on any atom is 0.416 e. The second-order valence-electron chi connectivity index (χ2n) is 6.32. The Balaban J connectivity index is 1.49. The molecule has 1 saturated heterocycles. The van der Waals surface area contributed by atoms with Crippen molar-refractivity contribution < 1.29 is 22.8 Å². The van der Waals surface area contributed by atoms with Crippen LogP contribution in [0, 0.1) is 5.92 Å². The standard InChI is InChI=1S/C19H18F3N3O2/c20-19(21,22)14-6-8-15(9-7-14)24-18(27)23-11-13-10-17(26)25(12-13)16-4-2-1-3-5-16/h1-9,13H,10-12H2,(H2,23,24,27). The molecule has 1 unspecified atom stereocenters. The summed E-state index contributed by atoms with van der Waals surface area (Å²) in [7, 11) is 0. The van der Waals surface area contributed by atoms with Gasteiger partial charge in [-0.3, -0.25) is 4.79 Å². The fraction of sp³-hybridized carbons (Fsp3) is 0.263. The number of alkyl halides is 3. The molecule has 2 aromatic carbocycles. The van der Waals surface area contributed by atoms with Crippen molar-refractivity contribution in [1.29, 1.82) is 0 Å². The molecule has 2 aromatic rings. The van der Waals surface area contributed by atoms with Crippen molar-refractivity contribution in [2.24, 2.45) is 5.92 Å². The molecule has 27 heavy (non-hydrogen) atoms. The van der Waals surface area contributed by atoms with E-state index in [0.717, 1.165) is 17.8 Å². The number of hydrogen-bond acceptors (Lipinski definition) is 2. The number of carbonyl (C=O) groups is 2. The Morgan fingerprint density at radius 3 is 2.37 bits per heavy atom. The van der Waals surface area contributed by atoms with E-state index in [1.807, 2.05) is 30.3 Å². The first-order chi connectivity index (χ1) is 12.8. The zero-order valence-corrected chi connectivity index (χ0v) is 14.3. The largest absolute Gasteiger partial charge is 0.416 e. The summed E-state index contributed by atoms with van der Waals surface area (Å²) in [5.41, 5.74) is 0.298. The maximum atomic E-state index is 12.5. The molecule has 142 valence electrons. The molecule has 1 aliphatic heterocycles. The van der Waals surface area contributed by atoms with Gasteiger partial charge in [0, 0.05) is 36.8 Å². The summed E-state index contributed by atoms with van der Waals surface area (Å²) >= 11 is 0. The van der Waals surface area contributed by atoms with Gasteiger partial charge in [-0.1, -0.05) is 18.2 Å². The molecule has 5 nitrogen and oxygen atoms in total. The van der Waals surface area contributed by atoms with Crippen LogP contribution in [0.1, 0.15) is 12.0 Å². The number of hydrogen-bond donors (Lipinski definition) is 2. The Kier molecular flexibility index (Phi) is 5.34. The molecule has 0 radical (unpaired) electrons. The fourth-order valence-corrected chi connectivity index (χ4v) is 2.93. The highest BCUT2D eigenvalue weighted by Crippen LogP contribution is 2.29. The first-order valence-electron chi connectivity index (χ1n) is 8.40. The molecule has 0 spiro atoms. The van der Waals surface area contributed by atoms with E-state index in [4.69, 9.17) is 0 Å². The molecular weight excluding hydrogens is 359 g/mol. The Hall–Kier alpha value is -3.03. The van der Waals surface area contributed by atoms with Gasteiger partial charge in [0.15, 0.2) is 0 Å². The van der Waals surface area contributed by atoms with Gasteiger partial charge in [0.25, 0.3) is 0 Å². The summed E-state index contributed by atoms with van der Waals surface area (Å²) in [5, 5.41) is 5.14. The molecule has 8 heteroatoms. The van der Waals surface area contributed by atoms with Gasteiger partial charge in [0.05, 0.1) is 5.56 Å². The Morgan fingerprint density at radius 1 is 1.07 bits per heavy atom. The molecule has 1 heterocycles. The molecular formula is C19H18F3N3O2. The number of urea groups is 1. The Bertz CT molecular complexity index is 807. The predicted molar refractivity (Wildman–Crippen MR) is 95.4 cm³/mol. The number of carbonyl (C=O) groups excluding carboxylic acids is 2. The van der Waals surface area contributed by atoms with Crippen LogP contribution >= 0.6 is 0 Å². The van der Waals surface area contributed by atoms with Crippen molar-refractivity contribution in [3.63, 3.8) is 0 Å². The summed E-state index contributed by atoms with van der Waals surface area (Å²) in [5.74, 6) is -0.0350. The van der Waals surface area contributed by atoms with Crippen molar-refractivity contribution in [3.8, 4) is 0 Å². The van der Waals surface area contributed by atoms with E-state index in [0.29, 0.717) is 19.5 Å². The van der Waals surface area contributed by atoms with Crippen LogP contribution in [0.15, 0.2) is 54.6 Å². The second kappa shape index (κ2) is 7.69. The normalized spacial score (nSPS) is 17.1. The maximum absolute atomic E-state index is 12.5. The van der Waals surface area contributed by atoms with Gasteiger partial charge >= 0.3 is 12.2 Å². The van der Waals surface area contributed by atoms with E-state index in [2.05, 4.69) is 10.6 Å².